The van der Waals surface area contributed by atoms with Gasteiger partial charge in [0.15, 0.2) is 23.1 Å². The van der Waals surface area contributed by atoms with Gasteiger partial charge in [-0.25, -0.2) is 4.39 Å². The molecule has 5 heteroatoms. The second kappa shape index (κ2) is 3.50. The first-order chi connectivity index (χ1) is 8.18. The lowest BCUT2D eigenvalue weighted by molar-refractivity contribution is 0.166. The van der Waals surface area contributed by atoms with Crippen LogP contribution in [-0.2, 0) is 5.41 Å². The summed E-state index contributed by atoms with van der Waals surface area (Å²) in [5, 5.41) is 9.89. The number of hydrogen-bond donors (Lipinski definition) is 2. The van der Waals surface area contributed by atoms with E-state index >= 15 is 0 Å². The van der Waals surface area contributed by atoms with E-state index in [4.69, 9.17) is 15.2 Å². The zero-order valence-electron chi connectivity index (χ0n) is 9.33. The predicted octanol–water partition coefficient (Wildman–Crippen LogP) is 1.29. The van der Waals surface area contributed by atoms with Crippen molar-refractivity contribution in [3.05, 3.63) is 17.4 Å². The summed E-state index contributed by atoms with van der Waals surface area (Å²) >= 11 is 0. The quantitative estimate of drug-likeness (QED) is 0.816. The molecule has 0 atom stereocenters. The Bertz CT molecular complexity index is 471. The number of aromatic hydroxyl groups is 1. The number of ether oxygens (including phenoxy) is 2. The van der Waals surface area contributed by atoms with Gasteiger partial charge in [0.2, 0.25) is 0 Å². The molecule has 1 aliphatic carbocycles. The third kappa shape index (κ3) is 1.45. The molecule has 17 heavy (non-hydrogen) atoms. The van der Waals surface area contributed by atoms with E-state index in [-0.39, 0.29) is 11.2 Å². The summed E-state index contributed by atoms with van der Waals surface area (Å²) in [4.78, 5) is 0. The van der Waals surface area contributed by atoms with Crippen molar-refractivity contribution in [2.45, 2.75) is 18.3 Å². The highest BCUT2D eigenvalue weighted by Gasteiger charge is 2.48. The molecule has 1 saturated carbocycles. The first-order valence-electron chi connectivity index (χ1n) is 5.69. The Kier molecular flexibility index (Phi) is 2.19. The largest absolute Gasteiger partial charge is 0.505 e. The number of hydrogen-bond acceptors (Lipinski definition) is 4. The minimum atomic E-state index is -0.677. The lowest BCUT2D eigenvalue weighted by Crippen LogP contribution is -2.24. The minimum Gasteiger partial charge on any atom is -0.505 e. The zero-order valence-corrected chi connectivity index (χ0v) is 9.33. The van der Waals surface area contributed by atoms with Crippen LogP contribution in [-0.4, -0.2) is 24.9 Å². The van der Waals surface area contributed by atoms with Crippen molar-refractivity contribution in [1.82, 2.24) is 0 Å². The number of fused-ring (bicyclic) bond motifs is 1. The van der Waals surface area contributed by atoms with Crippen LogP contribution < -0.4 is 15.2 Å². The standard InChI is InChI=1S/C12H14FNO3/c13-7-5-8-11(17-4-3-16-8)9(10(7)15)12(6-14)1-2-12/h5,15H,1-4,6,14H2. The fraction of sp³-hybridized carbons (Fsp3) is 0.500. The number of halogens is 1. The third-order valence-electron chi connectivity index (χ3n) is 3.53. The number of phenolic OH excluding ortho intramolecular Hbond substituents is 1. The van der Waals surface area contributed by atoms with Crippen molar-refractivity contribution in [2.24, 2.45) is 5.73 Å². The van der Waals surface area contributed by atoms with Crippen LogP contribution in [0.2, 0.25) is 0 Å². The van der Waals surface area contributed by atoms with Crippen LogP contribution in [0, 0.1) is 5.82 Å². The van der Waals surface area contributed by atoms with Gasteiger partial charge in [-0.05, 0) is 12.8 Å². The SMILES string of the molecule is NCC1(c2c(O)c(F)cc3c2OCCO3)CC1. The van der Waals surface area contributed by atoms with Crippen molar-refractivity contribution >= 4 is 0 Å². The Labute approximate surface area is 98.1 Å². The fourth-order valence-corrected chi connectivity index (χ4v) is 2.34. The first-order valence-corrected chi connectivity index (χ1v) is 5.69. The van der Waals surface area contributed by atoms with Gasteiger partial charge in [0.1, 0.15) is 13.2 Å². The van der Waals surface area contributed by atoms with E-state index in [2.05, 4.69) is 0 Å². The Morgan fingerprint density at radius 3 is 2.71 bits per heavy atom. The summed E-state index contributed by atoms with van der Waals surface area (Å²) in [7, 11) is 0. The predicted molar refractivity (Wildman–Crippen MR) is 59.0 cm³/mol. The molecule has 2 aliphatic rings. The molecule has 3 rings (SSSR count). The smallest absolute Gasteiger partial charge is 0.169 e. The minimum absolute atomic E-state index is 0.336. The number of nitrogens with two attached hydrogens (primary N) is 1. The van der Waals surface area contributed by atoms with Gasteiger partial charge in [-0.1, -0.05) is 0 Å². The molecule has 0 spiro atoms. The molecule has 1 heterocycles. The van der Waals surface area contributed by atoms with Crippen molar-refractivity contribution < 1.29 is 19.0 Å². The summed E-state index contributed by atoms with van der Waals surface area (Å²) in [5.41, 5.74) is 5.87. The molecule has 0 unspecified atom stereocenters. The van der Waals surface area contributed by atoms with Crippen molar-refractivity contribution in [3.63, 3.8) is 0 Å². The summed E-state index contributed by atoms with van der Waals surface area (Å²) in [6.07, 6.45) is 1.69. The lowest BCUT2D eigenvalue weighted by Gasteiger charge is -2.25. The highest BCUT2D eigenvalue weighted by molar-refractivity contribution is 5.60. The summed E-state index contributed by atoms with van der Waals surface area (Å²) in [5.74, 6) is -0.208. The number of benzene rings is 1. The molecule has 0 saturated heterocycles. The summed E-state index contributed by atoms with van der Waals surface area (Å²) in [6.45, 7) is 1.18. The topological polar surface area (TPSA) is 64.7 Å². The molecule has 1 aromatic carbocycles. The maximum Gasteiger partial charge on any atom is 0.169 e. The molecule has 1 aliphatic heterocycles. The molecule has 4 nitrogen and oxygen atoms in total. The van der Waals surface area contributed by atoms with Crippen LogP contribution in [0.3, 0.4) is 0 Å². The van der Waals surface area contributed by atoms with E-state index in [1.165, 1.54) is 6.07 Å². The molecular formula is C12H14FNO3. The molecule has 3 N–H and O–H groups in total. The summed E-state index contributed by atoms with van der Waals surface area (Å²) in [6, 6.07) is 1.17. The van der Waals surface area contributed by atoms with Gasteiger partial charge in [-0.2, -0.15) is 0 Å². The Balaban J connectivity index is 2.21. The molecule has 0 radical (unpaired) electrons. The van der Waals surface area contributed by atoms with Gasteiger partial charge in [0.05, 0.1) is 5.56 Å². The van der Waals surface area contributed by atoms with E-state index in [0.29, 0.717) is 36.8 Å². The van der Waals surface area contributed by atoms with Gasteiger partial charge in [0.25, 0.3) is 0 Å². The highest BCUT2D eigenvalue weighted by atomic mass is 19.1. The van der Waals surface area contributed by atoms with Gasteiger partial charge in [-0.3, -0.25) is 0 Å². The average Bonchev–Trinajstić information content (AvgIpc) is 3.11. The summed E-state index contributed by atoms with van der Waals surface area (Å²) < 4.78 is 24.5. The van der Waals surface area contributed by atoms with Crippen molar-refractivity contribution in [3.8, 4) is 17.2 Å². The van der Waals surface area contributed by atoms with Crippen LogP contribution in [0.5, 0.6) is 17.2 Å². The normalized spacial score (nSPS) is 20.1. The molecule has 1 aromatic rings. The van der Waals surface area contributed by atoms with E-state index in [1.54, 1.807) is 0 Å². The van der Waals surface area contributed by atoms with Gasteiger partial charge in [-0.15, -0.1) is 0 Å². The van der Waals surface area contributed by atoms with Crippen LogP contribution in [0.4, 0.5) is 4.39 Å². The molecule has 1 fully saturated rings. The van der Waals surface area contributed by atoms with Gasteiger partial charge in [0, 0.05) is 18.0 Å². The maximum absolute atomic E-state index is 13.6. The third-order valence-corrected chi connectivity index (χ3v) is 3.53. The van der Waals surface area contributed by atoms with Crippen LogP contribution in [0.25, 0.3) is 0 Å². The van der Waals surface area contributed by atoms with Crippen LogP contribution in [0.15, 0.2) is 6.07 Å². The van der Waals surface area contributed by atoms with Gasteiger partial charge < -0.3 is 20.3 Å². The van der Waals surface area contributed by atoms with E-state index < -0.39 is 5.82 Å². The van der Waals surface area contributed by atoms with Crippen molar-refractivity contribution in [2.75, 3.05) is 19.8 Å². The zero-order chi connectivity index (χ0) is 12.0. The van der Waals surface area contributed by atoms with E-state index in [0.717, 1.165) is 12.8 Å². The molecule has 92 valence electrons. The monoisotopic (exact) mass is 239 g/mol. The Morgan fingerprint density at radius 2 is 2.06 bits per heavy atom. The highest BCUT2D eigenvalue weighted by Crippen LogP contribution is 2.57. The van der Waals surface area contributed by atoms with E-state index in [1.807, 2.05) is 0 Å². The average molecular weight is 239 g/mol. The fourth-order valence-electron chi connectivity index (χ4n) is 2.34. The Hall–Kier alpha value is -1.49. The maximum atomic E-state index is 13.6. The molecule has 0 bridgehead atoms. The number of phenols is 1. The second-order valence-corrected chi connectivity index (χ2v) is 4.59. The van der Waals surface area contributed by atoms with Crippen LogP contribution in [0.1, 0.15) is 18.4 Å². The molecular weight excluding hydrogens is 225 g/mol. The van der Waals surface area contributed by atoms with Crippen LogP contribution >= 0.6 is 0 Å². The number of rotatable bonds is 2. The first kappa shape index (κ1) is 10.7. The molecule has 0 aromatic heterocycles. The molecule has 0 amide bonds. The lowest BCUT2D eigenvalue weighted by atomic mass is 9.93. The van der Waals surface area contributed by atoms with Crippen molar-refractivity contribution in [1.29, 1.82) is 0 Å². The second-order valence-electron chi connectivity index (χ2n) is 4.59. The van der Waals surface area contributed by atoms with E-state index in [9.17, 15) is 9.50 Å². The van der Waals surface area contributed by atoms with Gasteiger partial charge >= 0.3 is 0 Å². The Morgan fingerprint density at radius 1 is 1.35 bits per heavy atom.